The van der Waals surface area contributed by atoms with Crippen LogP contribution in [-0.4, -0.2) is 16.1 Å². The number of aromatic nitrogens is 2. The molecule has 0 saturated carbocycles. The smallest absolute Gasteiger partial charge is 0.140 e. The zero-order chi connectivity index (χ0) is 15.2. The zero-order valence-electron chi connectivity index (χ0n) is 13.1. The second-order valence-electron chi connectivity index (χ2n) is 5.35. The normalized spacial score (nSPS) is 12.6. The Labute approximate surface area is 126 Å². The third kappa shape index (κ3) is 3.70. The fourth-order valence-electron chi connectivity index (χ4n) is 2.55. The maximum Gasteiger partial charge on any atom is 0.140 e. The van der Waals surface area contributed by atoms with Gasteiger partial charge in [-0.25, -0.2) is 9.37 Å². The second kappa shape index (κ2) is 7.36. The van der Waals surface area contributed by atoms with E-state index in [1.165, 1.54) is 6.07 Å². The molecule has 114 valence electrons. The number of aryl methyl sites for hydroxylation is 1. The third-order valence-corrected chi connectivity index (χ3v) is 3.60. The topological polar surface area (TPSA) is 29.9 Å². The fraction of sp³-hybridized carbons (Fsp3) is 0.471. The van der Waals surface area contributed by atoms with E-state index in [0.29, 0.717) is 0 Å². The molecule has 1 heterocycles. The Kier molecular flexibility index (Phi) is 5.51. The molecule has 21 heavy (non-hydrogen) atoms. The Morgan fingerprint density at radius 1 is 1.29 bits per heavy atom. The van der Waals surface area contributed by atoms with Gasteiger partial charge >= 0.3 is 0 Å². The van der Waals surface area contributed by atoms with Crippen LogP contribution in [0.5, 0.6) is 0 Å². The van der Waals surface area contributed by atoms with Gasteiger partial charge in [-0.05, 0) is 44.0 Å². The summed E-state index contributed by atoms with van der Waals surface area (Å²) in [6, 6.07) is 5.15. The lowest BCUT2D eigenvalue weighted by atomic mass is 10.00. The number of benzene rings is 1. The first kappa shape index (κ1) is 15.7. The molecule has 3 nitrogen and oxygen atoms in total. The molecule has 1 unspecified atom stereocenters. The van der Waals surface area contributed by atoms with Crippen LogP contribution >= 0.6 is 0 Å². The molecule has 1 aromatic heterocycles. The zero-order valence-corrected chi connectivity index (χ0v) is 13.1. The van der Waals surface area contributed by atoms with E-state index in [2.05, 4.69) is 35.6 Å². The standard InChI is InChI=1S/C17H24FN3/c1-4-8-19-13(3)15-7-6-14(18)12-16(15)17-20-9-11-21(17)10-5-2/h6-7,9,11-13,19H,4-5,8,10H2,1-3H3. The van der Waals surface area contributed by atoms with Gasteiger partial charge in [-0.3, -0.25) is 0 Å². The van der Waals surface area contributed by atoms with E-state index in [1.807, 2.05) is 12.3 Å². The van der Waals surface area contributed by atoms with Gasteiger partial charge in [0.05, 0.1) is 0 Å². The average Bonchev–Trinajstić information content (AvgIpc) is 2.93. The van der Waals surface area contributed by atoms with Crippen LogP contribution in [0, 0.1) is 5.82 Å². The number of rotatable bonds is 7. The van der Waals surface area contributed by atoms with E-state index < -0.39 is 0 Å². The highest BCUT2D eigenvalue weighted by Crippen LogP contribution is 2.28. The first-order chi connectivity index (χ1) is 10.2. The minimum Gasteiger partial charge on any atom is -0.331 e. The molecule has 0 radical (unpaired) electrons. The lowest BCUT2D eigenvalue weighted by molar-refractivity contribution is 0.567. The maximum absolute atomic E-state index is 13.7. The van der Waals surface area contributed by atoms with Crippen molar-refractivity contribution in [2.45, 2.75) is 46.2 Å². The summed E-state index contributed by atoms with van der Waals surface area (Å²) in [5.74, 6) is 0.624. The monoisotopic (exact) mass is 289 g/mol. The van der Waals surface area contributed by atoms with E-state index in [0.717, 1.165) is 42.9 Å². The van der Waals surface area contributed by atoms with E-state index >= 15 is 0 Å². The van der Waals surface area contributed by atoms with Crippen molar-refractivity contribution < 1.29 is 4.39 Å². The Bertz CT molecular complexity index is 577. The van der Waals surface area contributed by atoms with E-state index in [9.17, 15) is 4.39 Å². The predicted octanol–water partition coefficient (Wildman–Crippen LogP) is 4.16. The molecular weight excluding hydrogens is 265 g/mol. The Morgan fingerprint density at radius 2 is 2.10 bits per heavy atom. The molecule has 2 rings (SSSR count). The molecule has 0 aliphatic heterocycles. The molecule has 0 aliphatic rings. The van der Waals surface area contributed by atoms with E-state index in [-0.39, 0.29) is 11.9 Å². The Balaban J connectivity index is 2.41. The van der Waals surface area contributed by atoms with Crippen LogP contribution < -0.4 is 5.32 Å². The first-order valence-electron chi connectivity index (χ1n) is 7.71. The molecular formula is C17H24FN3. The third-order valence-electron chi connectivity index (χ3n) is 3.60. The summed E-state index contributed by atoms with van der Waals surface area (Å²) in [6.07, 6.45) is 5.84. The van der Waals surface area contributed by atoms with Gasteiger partial charge < -0.3 is 9.88 Å². The van der Waals surface area contributed by atoms with Crippen LogP contribution in [0.4, 0.5) is 4.39 Å². The number of imidazole rings is 1. The SMILES string of the molecule is CCCNC(C)c1ccc(F)cc1-c1nccn1CCC. The van der Waals surface area contributed by atoms with Gasteiger partial charge in [0, 0.05) is 30.5 Å². The Morgan fingerprint density at radius 3 is 2.81 bits per heavy atom. The molecule has 0 amide bonds. The summed E-state index contributed by atoms with van der Waals surface area (Å²) in [5, 5.41) is 3.46. The highest BCUT2D eigenvalue weighted by Gasteiger charge is 2.16. The quantitative estimate of drug-likeness (QED) is 0.829. The van der Waals surface area contributed by atoms with Crippen molar-refractivity contribution in [3.05, 3.63) is 42.0 Å². The van der Waals surface area contributed by atoms with E-state index in [1.54, 1.807) is 12.3 Å². The largest absolute Gasteiger partial charge is 0.331 e. The number of hydrogen-bond acceptors (Lipinski definition) is 2. The molecule has 1 atom stereocenters. The van der Waals surface area contributed by atoms with E-state index in [4.69, 9.17) is 0 Å². The Hall–Kier alpha value is -1.68. The summed E-state index contributed by atoms with van der Waals surface area (Å²) in [7, 11) is 0. The summed E-state index contributed by atoms with van der Waals surface area (Å²) < 4.78 is 15.8. The molecule has 1 N–H and O–H groups in total. The van der Waals surface area contributed by atoms with Crippen molar-refractivity contribution in [2.24, 2.45) is 0 Å². The van der Waals surface area contributed by atoms with Crippen LogP contribution in [0.25, 0.3) is 11.4 Å². The minimum atomic E-state index is -0.220. The number of nitrogens with zero attached hydrogens (tertiary/aromatic N) is 2. The van der Waals surface area contributed by atoms with Crippen molar-refractivity contribution in [3.8, 4) is 11.4 Å². The number of halogens is 1. The highest BCUT2D eigenvalue weighted by molar-refractivity contribution is 5.62. The second-order valence-corrected chi connectivity index (χ2v) is 5.35. The highest BCUT2D eigenvalue weighted by atomic mass is 19.1. The van der Waals surface area contributed by atoms with Gasteiger partial charge in [0.15, 0.2) is 0 Å². The summed E-state index contributed by atoms with van der Waals surface area (Å²) in [5.41, 5.74) is 1.97. The lowest BCUT2D eigenvalue weighted by Gasteiger charge is -2.18. The lowest BCUT2D eigenvalue weighted by Crippen LogP contribution is -2.20. The molecule has 0 fully saturated rings. The average molecular weight is 289 g/mol. The molecule has 0 aliphatic carbocycles. The van der Waals surface area contributed by atoms with Crippen LogP contribution in [0.3, 0.4) is 0 Å². The molecule has 0 bridgehead atoms. The fourth-order valence-corrected chi connectivity index (χ4v) is 2.55. The van der Waals surface area contributed by atoms with Gasteiger partial charge in [0.1, 0.15) is 11.6 Å². The van der Waals surface area contributed by atoms with Gasteiger partial charge in [-0.2, -0.15) is 0 Å². The van der Waals surface area contributed by atoms with Crippen molar-refractivity contribution in [2.75, 3.05) is 6.54 Å². The van der Waals surface area contributed by atoms with Crippen molar-refractivity contribution in [1.29, 1.82) is 0 Å². The van der Waals surface area contributed by atoms with Crippen molar-refractivity contribution in [3.63, 3.8) is 0 Å². The van der Waals surface area contributed by atoms with Gasteiger partial charge in [-0.1, -0.05) is 19.9 Å². The number of nitrogens with one attached hydrogen (secondary N) is 1. The molecule has 4 heteroatoms. The summed E-state index contributed by atoms with van der Waals surface area (Å²) in [6.45, 7) is 8.21. The molecule has 0 saturated heterocycles. The van der Waals surface area contributed by atoms with Gasteiger partial charge in [0.25, 0.3) is 0 Å². The van der Waals surface area contributed by atoms with Crippen LogP contribution in [0.15, 0.2) is 30.6 Å². The van der Waals surface area contributed by atoms with Crippen LogP contribution in [0.2, 0.25) is 0 Å². The molecule has 0 spiro atoms. The predicted molar refractivity (Wildman–Crippen MR) is 84.6 cm³/mol. The molecule has 1 aromatic carbocycles. The maximum atomic E-state index is 13.7. The number of hydrogen-bond donors (Lipinski definition) is 1. The molecule has 2 aromatic rings. The minimum absolute atomic E-state index is 0.173. The van der Waals surface area contributed by atoms with Crippen LogP contribution in [-0.2, 0) is 6.54 Å². The summed E-state index contributed by atoms with van der Waals surface area (Å²) >= 11 is 0. The van der Waals surface area contributed by atoms with Crippen molar-refractivity contribution >= 4 is 0 Å². The van der Waals surface area contributed by atoms with Crippen LogP contribution in [0.1, 0.15) is 45.2 Å². The van der Waals surface area contributed by atoms with Gasteiger partial charge in [0.2, 0.25) is 0 Å². The first-order valence-corrected chi connectivity index (χ1v) is 7.71. The van der Waals surface area contributed by atoms with Gasteiger partial charge in [-0.15, -0.1) is 0 Å². The van der Waals surface area contributed by atoms with Crippen molar-refractivity contribution in [1.82, 2.24) is 14.9 Å². The summed E-state index contributed by atoms with van der Waals surface area (Å²) in [4.78, 5) is 4.44.